The molecule has 44 heavy (non-hydrogen) atoms. The smallest absolute Gasteiger partial charge is 0.302 e. The van der Waals surface area contributed by atoms with Crippen LogP contribution in [0.25, 0.3) is 0 Å². The van der Waals surface area contributed by atoms with Crippen molar-refractivity contribution >= 4 is 11.9 Å². The summed E-state index contributed by atoms with van der Waals surface area (Å²) in [7, 11) is 0. The quantitative estimate of drug-likeness (QED) is 0.304. The van der Waals surface area contributed by atoms with Gasteiger partial charge in [-0.3, -0.25) is 9.59 Å². The molecule has 7 fully saturated rings. The Morgan fingerprint density at radius 3 is 2.05 bits per heavy atom. The van der Waals surface area contributed by atoms with Gasteiger partial charge in [0.2, 0.25) is 5.91 Å². The molecule has 0 aromatic rings. The number of carbonyl (C=O) groups excluding carboxylic acids is 2. The average molecular weight is 609 g/mol. The fourth-order valence-corrected chi connectivity index (χ4v) is 14.3. The Kier molecular flexibility index (Phi) is 7.30. The number of hydrogen-bond acceptors (Lipinski definition) is 4. The van der Waals surface area contributed by atoms with Crippen molar-refractivity contribution in [2.45, 2.75) is 139 Å². The molecule has 0 radical (unpaired) electrons. The van der Waals surface area contributed by atoms with Crippen molar-refractivity contribution in [2.75, 3.05) is 32.7 Å². The molecule has 5 nitrogen and oxygen atoms in total. The molecule has 10 unspecified atom stereocenters. The molecule has 7 aliphatic rings. The Morgan fingerprint density at radius 1 is 0.705 bits per heavy atom. The summed E-state index contributed by atoms with van der Waals surface area (Å²) in [6.07, 6.45) is 14.9. The minimum atomic E-state index is -0.122. The van der Waals surface area contributed by atoms with Crippen molar-refractivity contribution in [1.82, 2.24) is 9.80 Å². The second kappa shape index (κ2) is 10.2. The average Bonchev–Trinajstić information content (AvgIpc) is 3.59. The Bertz CT molecular complexity index is 1170. The van der Waals surface area contributed by atoms with Gasteiger partial charge in [-0.15, -0.1) is 0 Å². The molecule has 0 aromatic heterocycles. The van der Waals surface area contributed by atoms with Crippen molar-refractivity contribution in [3.8, 4) is 0 Å². The highest BCUT2D eigenvalue weighted by atomic mass is 16.5. The Labute approximate surface area is 269 Å². The molecule has 5 heteroatoms. The van der Waals surface area contributed by atoms with E-state index in [9.17, 15) is 9.59 Å². The third-order valence-electron chi connectivity index (χ3n) is 17.1. The van der Waals surface area contributed by atoms with Crippen LogP contribution in [0.2, 0.25) is 0 Å². The number of esters is 1. The van der Waals surface area contributed by atoms with Gasteiger partial charge in [0.15, 0.2) is 0 Å². The minimum Gasteiger partial charge on any atom is -0.462 e. The van der Waals surface area contributed by atoms with E-state index in [4.69, 9.17) is 4.74 Å². The molecule has 7 rings (SSSR count). The van der Waals surface area contributed by atoms with Gasteiger partial charge < -0.3 is 14.5 Å². The first kappa shape index (κ1) is 31.5. The maximum atomic E-state index is 14.9. The van der Waals surface area contributed by atoms with Crippen LogP contribution in [0.5, 0.6) is 0 Å². The number of likely N-dealkylation sites (N-methyl/N-ethyl adjacent to an activating group) is 1. The second-order valence-electron chi connectivity index (χ2n) is 18.8. The molecule has 1 amide bonds. The van der Waals surface area contributed by atoms with Crippen molar-refractivity contribution in [2.24, 2.45) is 62.1 Å². The fourth-order valence-electron chi connectivity index (χ4n) is 14.3. The van der Waals surface area contributed by atoms with E-state index >= 15 is 0 Å². The molecule has 10 atom stereocenters. The summed E-state index contributed by atoms with van der Waals surface area (Å²) in [5.41, 5.74) is 1.21. The third kappa shape index (κ3) is 4.17. The number of fused-ring (bicyclic) bond motifs is 7. The zero-order chi connectivity index (χ0) is 31.5. The van der Waals surface area contributed by atoms with Gasteiger partial charge in [0.05, 0.1) is 5.41 Å². The molecule has 248 valence electrons. The zero-order valence-electron chi connectivity index (χ0n) is 29.6. The molecule has 1 saturated heterocycles. The van der Waals surface area contributed by atoms with Crippen LogP contribution >= 0.6 is 0 Å². The zero-order valence-corrected chi connectivity index (χ0v) is 29.6. The summed E-state index contributed by atoms with van der Waals surface area (Å²) < 4.78 is 5.98. The second-order valence-corrected chi connectivity index (χ2v) is 18.8. The van der Waals surface area contributed by atoms with E-state index in [1.165, 1.54) is 57.8 Å². The summed E-state index contributed by atoms with van der Waals surface area (Å²) >= 11 is 0. The van der Waals surface area contributed by atoms with Gasteiger partial charge in [-0.2, -0.15) is 0 Å². The van der Waals surface area contributed by atoms with Crippen LogP contribution in [0.1, 0.15) is 132 Å². The van der Waals surface area contributed by atoms with Gasteiger partial charge in [-0.25, -0.2) is 0 Å². The van der Waals surface area contributed by atoms with E-state index in [1.807, 2.05) is 0 Å². The predicted molar refractivity (Wildman–Crippen MR) is 176 cm³/mol. The number of rotatable bonds is 4. The van der Waals surface area contributed by atoms with Crippen LogP contribution in [-0.4, -0.2) is 60.5 Å². The van der Waals surface area contributed by atoms with Crippen molar-refractivity contribution in [3.05, 3.63) is 0 Å². The molecule has 6 saturated carbocycles. The molecule has 1 aliphatic heterocycles. The number of nitrogens with zero attached hydrogens (tertiary/aromatic N) is 2. The summed E-state index contributed by atoms with van der Waals surface area (Å²) in [6, 6.07) is 0. The van der Waals surface area contributed by atoms with Crippen LogP contribution in [0.3, 0.4) is 0 Å². The van der Waals surface area contributed by atoms with Gasteiger partial charge in [-0.05, 0) is 135 Å². The lowest BCUT2D eigenvalue weighted by molar-refractivity contribution is -0.251. The molecule has 1 heterocycles. The number of piperazine rings is 1. The highest BCUT2D eigenvalue weighted by Gasteiger charge is 2.73. The lowest BCUT2D eigenvalue weighted by Crippen LogP contribution is -2.68. The maximum Gasteiger partial charge on any atom is 0.302 e. The van der Waals surface area contributed by atoms with Crippen LogP contribution < -0.4 is 0 Å². The van der Waals surface area contributed by atoms with Gasteiger partial charge in [0, 0.05) is 38.5 Å². The van der Waals surface area contributed by atoms with E-state index in [-0.39, 0.29) is 33.7 Å². The molecule has 0 aromatic carbocycles. The maximum absolute atomic E-state index is 14.9. The van der Waals surface area contributed by atoms with Crippen molar-refractivity contribution < 1.29 is 14.3 Å². The van der Waals surface area contributed by atoms with E-state index in [2.05, 4.69) is 58.3 Å². The SMILES string of the molecule is CCN1CCN(C(=O)C23CCC(C4(C)CC4)C2C2CCC4C5(C)CCC(OC(C)=O)C(C)(C)C5CCC4(C)C2(C)CC3)CC1. The molecule has 6 aliphatic carbocycles. The third-order valence-corrected chi connectivity index (χ3v) is 17.1. The van der Waals surface area contributed by atoms with E-state index in [1.54, 1.807) is 6.92 Å². The normalized spacial score (nSPS) is 49.2. The van der Waals surface area contributed by atoms with Crippen LogP contribution in [0, 0.1) is 62.1 Å². The highest BCUT2D eigenvalue weighted by molar-refractivity contribution is 5.84. The summed E-state index contributed by atoms with van der Waals surface area (Å²) in [5, 5.41) is 0. The standard InChI is InChI=1S/C39H64N2O3/c1-9-40-22-24-41(25-23-40)33(43)39-17-12-27(35(5)18-19-35)32(39)28-10-11-30-36(6)15-14-31(44-26(2)42)34(3,4)29(36)13-16-38(30,8)37(28,7)20-21-39/h27-32H,9-25H2,1-8H3. The van der Waals surface area contributed by atoms with E-state index < -0.39 is 0 Å². The lowest BCUT2D eigenvalue weighted by Gasteiger charge is -2.73. The van der Waals surface area contributed by atoms with Crippen LogP contribution in [0.15, 0.2) is 0 Å². The summed E-state index contributed by atoms with van der Waals surface area (Å²) in [6.45, 7) is 24.3. The molecule has 0 spiro atoms. The fraction of sp³-hybridized carbons (Fsp3) is 0.949. The minimum absolute atomic E-state index is 0.00476. The molecule has 0 N–H and O–H groups in total. The molecular weight excluding hydrogens is 544 g/mol. The van der Waals surface area contributed by atoms with Gasteiger partial charge in [0.25, 0.3) is 0 Å². The Hall–Kier alpha value is -1.10. The largest absolute Gasteiger partial charge is 0.462 e. The summed E-state index contributed by atoms with van der Waals surface area (Å²) in [4.78, 5) is 31.8. The first-order valence-electron chi connectivity index (χ1n) is 18.9. The topological polar surface area (TPSA) is 49.9 Å². The molecular formula is C39H64N2O3. The van der Waals surface area contributed by atoms with Crippen LogP contribution in [-0.2, 0) is 14.3 Å². The highest BCUT2D eigenvalue weighted by Crippen LogP contribution is 2.79. The van der Waals surface area contributed by atoms with Crippen molar-refractivity contribution in [3.63, 3.8) is 0 Å². The first-order chi connectivity index (χ1) is 20.7. The van der Waals surface area contributed by atoms with E-state index in [0.717, 1.165) is 57.9 Å². The molecule has 0 bridgehead atoms. The monoisotopic (exact) mass is 608 g/mol. The number of carbonyl (C=O) groups is 2. The lowest BCUT2D eigenvalue weighted by atomic mass is 9.32. The first-order valence-corrected chi connectivity index (χ1v) is 18.9. The van der Waals surface area contributed by atoms with Gasteiger partial charge in [0.1, 0.15) is 6.10 Å². The Balaban J connectivity index is 1.22. The van der Waals surface area contributed by atoms with Gasteiger partial charge in [-0.1, -0.05) is 48.5 Å². The number of amides is 1. The van der Waals surface area contributed by atoms with Gasteiger partial charge >= 0.3 is 5.97 Å². The van der Waals surface area contributed by atoms with Crippen molar-refractivity contribution in [1.29, 1.82) is 0 Å². The number of hydrogen-bond donors (Lipinski definition) is 0. The predicted octanol–water partition coefficient (Wildman–Crippen LogP) is 7.96. The van der Waals surface area contributed by atoms with E-state index in [0.29, 0.717) is 40.4 Å². The number of ether oxygens (including phenoxy) is 1. The van der Waals surface area contributed by atoms with Crippen LogP contribution in [0.4, 0.5) is 0 Å². The Morgan fingerprint density at radius 2 is 1.41 bits per heavy atom. The summed E-state index contributed by atoms with van der Waals surface area (Å²) in [5.74, 6) is 3.66.